The lowest BCUT2D eigenvalue weighted by molar-refractivity contribution is -0.0553. The molecule has 2 rings (SSSR count). The van der Waals surface area contributed by atoms with E-state index in [1.165, 1.54) is 6.20 Å². The number of nitrogens with zero attached hydrogens (tertiary/aromatic N) is 2. The van der Waals surface area contributed by atoms with Gasteiger partial charge in [-0.05, 0) is 12.1 Å². The van der Waals surface area contributed by atoms with E-state index in [1.807, 2.05) is 0 Å². The average molecular weight is 252 g/mol. The van der Waals surface area contributed by atoms with Gasteiger partial charge in [0, 0.05) is 25.8 Å². The predicted molar refractivity (Wildman–Crippen MR) is 63.3 cm³/mol. The van der Waals surface area contributed by atoms with E-state index in [1.54, 1.807) is 12.1 Å². The smallest absolute Gasteiger partial charge is 0.337 e. The molecule has 2 heterocycles. The number of aromatic carboxylic acids is 1. The van der Waals surface area contributed by atoms with Crippen molar-refractivity contribution in [3.8, 4) is 0 Å². The predicted octanol–water partition coefficient (Wildman–Crippen LogP) is -0.0271. The number of carboxylic acids is 1. The summed E-state index contributed by atoms with van der Waals surface area (Å²) in [6.07, 6.45) is 1.22. The van der Waals surface area contributed by atoms with Crippen molar-refractivity contribution < 1.29 is 19.7 Å². The van der Waals surface area contributed by atoms with Crippen molar-refractivity contribution in [2.45, 2.75) is 12.6 Å². The first kappa shape index (κ1) is 12.9. The van der Waals surface area contributed by atoms with E-state index in [-0.39, 0.29) is 18.3 Å². The number of hydrogen-bond donors (Lipinski definition) is 2. The van der Waals surface area contributed by atoms with Crippen LogP contribution in [0.5, 0.6) is 0 Å². The van der Waals surface area contributed by atoms with Crippen LogP contribution >= 0.6 is 0 Å². The van der Waals surface area contributed by atoms with Crippen LogP contribution in [-0.4, -0.2) is 58.5 Å². The zero-order chi connectivity index (χ0) is 13.0. The lowest BCUT2D eigenvalue weighted by Gasteiger charge is -2.31. The van der Waals surface area contributed by atoms with Crippen LogP contribution in [-0.2, 0) is 11.3 Å². The van der Waals surface area contributed by atoms with Gasteiger partial charge in [-0.1, -0.05) is 0 Å². The maximum absolute atomic E-state index is 10.7. The minimum atomic E-state index is -0.972. The SMILES string of the molecule is O=C(O)c1ccc(CN2CCOC(CO)C2)nc1. The quantitative estimate of drug-likeness (QED) is 0.783. The molecule has 2 N–H and O–H groups in total. The Morgan fingerprint density at radius 2 is 2.39 bits per heavy atom. The Bertz CT molecular complexity index is 407. The highest BCUT2D eigenvalue weighted by molar-refractivity contribution is 5.87. The maximum atomic E-state index is 10.7. The van der Waals surface area contributed by atoms with Gasteiger partial charge >= 0.3 is 5.97 Å². The molecule has 6 nitrogen and oxygen atoms in total. The molecule has 1 aliphatic rings. The number of aromatic nitrogens is 1. The van der Waals surface area contributed by atoms with Gasteiger partial charge in [0.2, 0.25) is 0 Å². The number of rotatable bonds is 4. The summed E-state index contributed by atoms with van der Waals surface area (Å²) in [4.78, 5) is 16.9. The third-order valence-corrected chi connectivity index (χ3v) is 2.88. The molecule has 0 amide bonds. The lowest BCUT2D eigenvalue weighted by Crippen LogP contribution is -2.43. The fourth-order valence-electron chi connectivity index (χ4n) is 1.91. The Morgan fingerprint density at radius 1 is 1.56 bits per heavy atom. The zero-order valence-corrected chi connectivity index (χ0v) is 9.95. The first-order valence-electron chi connectivity index (χ1n) is 5.82. The Morgan fingerprint density at radius 3 is 3.00 bits per heavy atom. The fourth-order valence-corrected chi connectivity index (χ4v) is 1.91. The first-order chi connectivity index (χ1) is 8.69. The van der Waals surface area contributed by atoms with Crippen molar-refractivity contribution >= 4 is 5.97 Å². The normalized spacial score (nSPS) is 20.8. The van der Waals surface area contributed by atoms with Gasteiger partial charge in [0.1, 0.15) is 0 Å². The number of carbonyl (C=O) groups is 1. The summed E-state index contributed by atoms with van der Waals surface area (Å²) in [5, 5.41) is 17.8. The molecule has 1 atom stereocenters. The van der Waals surface area contributed by atoms with E-state index >= 15 is 0 Å². The molecule has 0 radical (unpaired) electrons. The number of aliphatic hydroxyl groups is 1. The molecule has 1 fully saturated rings. The highest BCUT2D eigenvalue weighted by Crippen LogP contribution is 2.09. The summed E-state index contributed by atoms with van der Waals surface area (Å²) in [6.45, 7) is 2.71. The highest BCUT2D eigenvalue weighted by Gasteiger charge is 2.19. The summed E-state index contributed by atoms with van der Waals surface area (Å²) in [7, 11) is 0. The third kappa shape index (κ3) is 3.25. The molecular weight excluding hydrogens is 236 g/mol. The second-order valence-electron chi connectivity index (χ2n) is 4.25. The number of pyridine rings is 1. The number of carboxylic acid groups (broad SMARTS) is 1. The summed E-state index contributed by atoms with van der Waals surface area (Å²) >= 11 is 0. The molecule has 1 saturated heterocycles. The Labute approximate surface area is 105 Å². The fraction of sp³-hybridized carbons (Fsp3) is 0.500. The molecule has 1 aromatic heterocycles. The number of hydrogen-bond acceptors (Lipinski definition) is 5. The van der Waals surface area contributed by atoms with Crippen molar-refractivity contribution in [2.75, 3.05) is 26.3 Å². The third-order valence-electron chi connectivity index (χ3n) is 2.88. The molecule has 1 unspecified atom stereocenters. The molecule has 6 heteroatoms. The molecule has 0 spiro atoms. The van der Waals surface area contributed by atoms with Gasteiger partial charge in [-0.25, -0.2) is 4.79 Å². The minimum absolute atomic E-state index is 0.0158. The van der Waals surface area contributed by atoms with Crippen LogP contribution < -0.4 is 0 Å². The molecule has 0 aliphatic carbocycles. The minimum Gasteiger partial charge on any atom is -0.478 e. The van der Waals surface area contributed by atoms with Gasteiger partial charge in [0.15, 0.2) is 0 Å². The highest BCUT2D eigenvalue weighted by atomic mass is 16.5. The van der Waals surface area contributed by atoms with Crippen LogP contribution in [0.1, 0.15) is 16.1 Å². The first-order valence-corrected chi connectivity index (χ1v) is 5.82. The van der Waals surface area contributed by atoms with E-state index in [2.05, 4.69) is 9.88 Å². The van der Waals surface area contributed by atoms with Gasteiger partial charge in [-0.15, -0.1) is 0 Å². The molecule has 1 aliphatic heterocycles. The van der Waals surface area contributed by atoms with E-state index in [9.17, 15) is 4.79 Å². The largest absolute Gasteiger partial charge is 0.478 e. The van der Waals surface area contributed by atoms with E-state index in [0.29, 0.717) is 19.7 Å². The summed E-state index contributed by atoms with van der Waals surface area (Å²) in [6, 6.07) is 3.27. The Balaban J connectivity index is 1.94. The van der Waals surface area contributed by atoms with Crippen LogP contribution in [0.4, 0.5) is 0 Å². The molecule has 1 aromatic rings. The lowest BCUT2D eigenvalue weighted by atomic mass is 10.2. The second-order valence-corrected chi connectivity index (χ2v) is 4.25. The van der Waals surface area contributed by atoms with E-state index < -0.39 is 5.97 Å². The molecule has 18 heavy (non-hydrogen) atoms. The molecule has 0 saturated carbocycles. The van der Waals surface area contributed by atoms with Gasteiger partial charge in [0.25, 0.3) is 0 Å². The van der Waals surface area contributed by atoms with Crippen molar-refractivity contribution in [2.24, 2.45) is 0 Å². The summed E-state index contributed by atoms with van der Waals surface area (Å²) in [5.74, 6) is -0.972. The second kappa shape index (κ2) is 5.90. The average Bonchev–Trinajstić information content (AvgIpc) is 2.39. The number of aliphatic hydroxyl groups excluding tert-OH is 1. The standard InChI is InChI=1S/C12H16N2O4/c15-8-11-7-14(3-4-18-11)6-10-2-1-9(5-13-10)12(16)17/h1-2,5,11,15H,3-4,6-8H2,(H,16,17). The Kier molecular flexibility index (Phi) is 4.24. The number of ether oxygens (including phenoxy) is 1. The molecule has 0 aromatic carbocycles. The van der Waals surface area contributed by atoms with Gasteiger partial charge in [-0.3, -0.25) is 9.88 Å². The van der Waals surface area contributed by atoms with E-state index in [4.69, 9.17) is 14.9 Å². The summed E-state index contributed by atoms with van der Waals surface area (Å²) < 4.78 is 5.36. The maximum Gasteiger partial charge on any atom is 0.337 e. The summed E-state index contributed by atoms with van der Waals surface area (Å²) in [5.41, 5.74) is 1.01. The Hall–Kier alpha value is -1.50. The van der Waals surface area contributed by atoms with Crippen LogP contribution in [0.3, 0.4) is 0 Å². The van der Waals surface area contributed by atoms with E-state index in [0.717, 1.165) is 12.2 Å². The van der Waals surface area contributed by atoms with Crippen LogP contribution in [0, 0.1) is 0 Å². The van der Waals surface area contributed by atoms with Crippen LogP contribution in [0.2, 0.25) is 0 Å². The van der Waals surface area contributed by atoms with Crippen molar-refractivity contribution in [1.29, 1.82) is 0 Å². The van der Waals surface area contributed by atoms with Gasteiger partial charge in [0.05, 0.1) is 30.6 Å². The monoisotopic (exact) mass is 252 g/mol. The van der Waals surface area contributed by atoms with Gasteiger partial charge < -0.3 is 14.9 Å². The van der Waals surface area contributed by atoms with Gasteiger partial charge in [-0.2, -0.15) is 0 Å². The van der Waals surface area contributed by atoms with Crippen LogP contribution in [0.25, 0.3) is 0 Å². The molecule has 98 valence electrons. The molecule has 0 bridgehead atoms. The van der Waals surface area contributed by atoms with Crippen molar-refractivity contribution in [1.82, 2.24) is 9.88 Å². The van der Waals surface area contributed by atoms with Crippen molar-refractivity contribution in [3.63, 3.8) is 0 Å². The molecular formula is C12H16N2O4. The van der Waals surface area contributed by atoms with Crippen LogP contribution in [0.15, 0.2) is 18.3 Å². The zero-order valence-electron chi connectivity index (χ0n) is 9.95. The number of morpholine rings is 1. The topological polar surface area (TPSA) is 82.9 Å². The van der Waals surface area contributed by atoms with Crippen molar-refractivity contribution in [3.05, 3.63) is 29.6 Å².